The van der Waals surface area contributed by atoms with E-state index in [1.165, 1.54) is 12.4 Å². The summed E-state index contributed by atoms with van der Waals surface area (Å²) < 4.78 is 97.4. The Kier molecular flexibility index (Phi) is 17.6. The number of pyridine rings is 2. The average molecular weight is 1180 g/mol. The van der Waals surface area contributed by atoms with Crippen LogP contribution in [0.3, 0.4) is 0 Å². The molecule has 0 spiro atoms. The molecule has 4 N–H and O–H groups in total. The molecule has 25 heteroatoms. The van der Waals surface area contributed by atoms with Gasteiger partial charge in [0.25, 0.3) is 0 Å². The van der Waals surface area contributed by atoms with Crippen molar-refractivity contribution in [3.63, 3.8) is 0 Å². The quantitative estimate of drug-likeness (QED) is 0.0452. The Hall–Kier alpha value is -7.29. The maximum absolute atomic E-state index is 12.8. The highest BCUT2D eigenvalue weighted by Gasteiger charge is 2.49. The van der Waals surface area contributed by atoms with E-state index in [1.807, 2.05) is 55.9 Å². The van der Waals surface area contributed by atoms with Crippen LogP contribution in [-0.4, -0.2) is 145 Å². The molecule has 4 aliphatic heterocycles. The van der Waals surface area contributed by atoms with E-state index in [4.69, 9.17) is 33.7 Å². The molecule has 446 valence electrons. The van der Waals surface area contributed by atoms with Crippen LogP contribution in [0.4, 0.5) is 23.7 Å². The highest BCUT2D eigenvalue weighted by atomic mass is 32.2. The number of rotatable bonds is 14. The zero-order chi connectivity index (χ0) is 59.4. The molecule has 4 saturated heterocycles. The maximum Gasteiger partial charge on any atom is 0.534 e. The van der Waals surface area contributed by atoms with E-state index in [-0.39, 0.29) is 35.5 Å². The minimum atomic E-state index is -5.84. The highest BCUT2D eigenvalue weighted by Crippen LogP contribution is 2.35. The third kappa shape index (κ3) is 14.4. The van der Waals surface area contributed by atoms with Gasteiger partial charge in [0, 0.05) is 58.9 Å². The average Bonchev–Trinajstić information content (AvgIpc) is 2.52. The van der Waals surface area contributed by atoms with Gasteiger partial charge in [-0.3, -0.25) is 9.13 Å². The van der Waals surface area contributed by atoms with E-state index in [2.05, 4.69) is 78.0 Å². The monoisotopic (exact) mass is 1180 g/mol. The van der Waals surface area contributed by atoms with Crippen LogP contribution >= 0.6 is 0 Å². The second-order valence-electron chi connectivity index (χ2n) is 23.5. The Balaban J connectivity index is 0.000000162. The molecule has 1 amide bonds. The Morgan fingerprint density at radius 2 is 1.26 bits per heavy atom. The number of carbonyl (C=O) groups excluding carboxylic acids is 1. The van der Waals surface area contributed by atoms with Crippen molar-refractivity contribution >= 4 is 72.8 Å². The third-order valence-electron chi connectivity index (χ3n) is 14.7. The van der Waals surface area contributed by atoms with Gasteiger partial charge >= 0.3 is 28.8 Å². The maximum atomic E-state index is 12.8. The summed E-state index contributed by atoms with van der Waals surface area (Å²) in [7, 11) is -6.20. The Bertz CT molecular complexity index is 3730. The first kappa shape index (κ1) is 59.9. The lowest BCUT2D eigenvalue weighted by Crippen LogP contribution is -2.46. The summed E-state index contributed by atoms with van der Waals surface area (Å²) in [4.78, 5) is 33.1. The molecule has 0 bridgehead atoms. The zero-order valence-corrected chi connectivity index (χ0v) is 48.6. The number of hydrogen-bond acceptors (Lipinski definition) is 17. The summed E-state index contributed by atoms with van der Waals surface area (Å²) in [6.07, 6.45) is 6.93. The minimum Gasteiger partial charge on any atom is -0.493 e. The fourth-order valence-electron chi connectivity index (χ4n) is 10.2. The van der Waals surface area contributed by atoms with Gasteiger partial charge in [-0.2, -0.15) is 21.6 Å². The molecular formula is C59H70BF3N10O10S. The molecule has 0 aliphatic carbocycles. The molecule has 4 fully saturated rings. The normalized spacial score (nSPS) is 17.3. The number of imidazole rings is 2. The number of amides is 1. The number of carbonyl (C=O) groups is 1. The fraction of sp³-hybridized carbons (Fsp3) is 0.441. The number of ether oxygens (including phenoxy) is 5. The van der Waals surface area contributed by atoms with Crippen molar-refractivity contribution in [2.45, 2.75) is 90.3 Å². The molecule has 20 nitrogen and oxygen atoms in total. The van der Waals surface area contributed by atoms with Gasteiger partial charge in [-0.05, 0) is 127 Å². The molecule has 0 unspecified atom stereocenters. The predicted octanol–water partition coefficient (Wildman–Crippen LogP) is 9.14. The predicted molar refractivity (Wildman–Crippen MR) is 315 cm³/mol. The van der Waals surface area contributed by atoms with E-state index >= 15 is 0 Å². The Morgan fingerprint density at radius 1 is 0.738 bits per heavy atom. The number of aromatic nitrogens is 6. The molecule has 8 heterocycles. The second kappa shape index (κ2) is 24.7. The summed E-state index contributed by atoms with van der Waals surface area (Å²) in [5, 5.41) is 19.9. The lowest BCUT2D eigenvalue weighted by atomic mass is 9.85. The van der Waals surface area contributed by atoms with E-state index < -0.39 is 27.0 Å². The number of hydrogen-bond donors (Lipinski definition) is 4. The number of alkyl halides is 3. The van der Waals surface area contributed by atoms with Crippen molar-refractivity contribution in [3.05, 3.63) is 110 Å². The van der Waals surface area contributed by atoms with Gasteiger partial charge in [-0.1, -0.05) is 38.1 Å². The zero-order valence-electron chi connectivity index (χ0n) is 47.8. The van der Waals surface area contributed by atoms with Crippen molar-refractivity contribution in [1.29, 1.82) is 0 Å². The first-order valence-corrected chi connectivity index (χ1v) is 29.5. The van der Waals surface area contributed by atoms with E-state index in [0.29, 0.717) is 60.5 Å². The first-order chi connectivity index (χ1) is 40.0. The Labute approximate surface area is 485 Å². The lowest BCUT2D eigenvalue weighted by molar-refractivity contribution is -0.120. The van der Waals surface area contributed by atoms with E-state index in [0.717, 1.165) is 110 Å². The fourth-order valence-corrected chi connectivity index (χ4v) is 10.6. The number of nitrogens with one attached hydrogen (secondary N) is 3. The van der Waals surface area contributed by atoms with Crippen molar-refractivity contribution in [3.8, 4) is 28.9 Å². The number of halogens is 3. The number of fused-ring (bicyclic) bond motifs is 4. The molecular weight excluding hydrogens is 1110 g/mol. The highest BCUT2D eigenvalue weighted by molar-refractivity contribution is 7.88. The van der Waals surface area contributed by atoms with Crippen LogP contribution in [0.15, 0.2) is 110 Å². The van der Waals surface area contributed by atoms with E-state index in [1.54, 1.807) is 47.8 Å². The van der Waals surface area contributed by atoms with Gasteiger partial charge in [0.05, 0.1) is 72.9 Å². The van der Waals surface area contributed by atoms with Crippen molar-refractivity contribution in [1.82, 2.24) is 44.9 Å². The minimum absolute atomic E-state index is 0.0112. The molecule has 12 rings (SSSR count). The lowest BCUT2D eigenvalue weighted by Gasteiger charge is -2.37. The summed E-state index contributed by atoms with van der Waals surface area (Å²) in [5.74, 6) is 2.07. The molecule has 0 radical (unpaired) electrons. The van der Waals surface area contributed by atoms with Gasteiger partial charge < -0.3 is 53.7 Å². The summed E-state index contributed by atoms with van der Waals surface area (Å²) in [6.45, 7) is 19.4. The van der Waals surface area contributed by atoms with Gasteiger partial charge in [0.15, 0.2) is 5.75 Å². The van der Waals surface area contributed by atoms with Crippen molar-refractivity contribution < 1.29 is 59.3 Å². The van der Waals surface area contributed by atoms with Crippen LogP contribution in [0.25, 0.3) is 55.5 Å². The summed E-state index contributed by atoms with van der Waals surface area (Å²) in [6, 6.07) is 29.8. The van der Waals surface area contributed by atoms with Crippen molar-refractivity contribution in [2.24, 2.45) is 10.8 Å². The van der Waals surface area contributed by atoms with Crippen molar-refractivity contribution in [2.75, 3.05) is 70.7 Å². The molecule has 4 aromatic heterocycles. The van der Waals surface area contributed by atoms with Crippen LogP contribution in [0.5, 0.6) is 17.2 Å². The van der Waals surface area contributed by atoms with Crippen LogP contribution < -0.4 is 34.4 Å². The second-order valence-corrected chi connectivity index (χ2v) is 25.0. The van der Waals surface area contributed by atoms with Gasteiger partial charge in [0.1, 0.15) is 46.9 Å². The third-order valence-corrected chi connectivity index (χ3v) is 15.7. The van der Waals surface area contributed by atoms with E-state index in [9.17, 15) is 26.4 Å². The summed E-state index contributed by atoms with van der Waals surface area (Å²) >= 11 is 0. The molecule has 4 aliphatic rings. The van der Waals surface area contributed by atoms with Crippen LogP contribution in [0, 0.1) is 10.8 Å². The van der Waals surface area contributed by atoms with Gasteiger partial charge in [0.2, 0.25) is 0 Å². The molecule has 0 atom stereocenters. The van der Waals surface area contributed by atoms with Gasteiger partial charge in [-0.15, -0.1) is 0 Å². The molecule has 4 aromatic carbocycles. The summed E-state index contributed by atoms with van der Waals surface area (Å²) in [5.41, 5.74) is -0.824. The van der Waals surface area contributed by atoms with Crippen LogP contribution in [0.1, 0.15) is 60.3 Å². The Morgan fingerprint density at radius 3 is 1.76 bits per heavy atom. The number of benzene rings is 4. The standard InChI is InChI=1S/C31H37N5O4.C22H18F3N3O5S.C6H15BN2O/c1-30(2,3)40-29(37)33-22-12-14-35(15-13-22)26-7-5-6-21-8-11-27(34-28(21)26)36-20-32-24-16-23(9-10-25(24)36)39-19-31(4)17-38-18-31;1-21(10-31-11-21)12-32-15-6-7-17-16(9-15)26-13-28(17)19-8-5-14-3-2-4-18(20(14)27-19)33-34(29,30)22(23,24)25;1-7(10)9-6-2-4-8-5-3-6/h5-11,16,20,22H,12-15,17-19H2,1-4H3,(H,33,37);2-9,13H,10-12H2,1H3;6,8-10H,2-5H2,1H3. The first-order valence-electron chi connectivity index (χ1n) is 28.1. The van der Waals surface area contributed by atoms with Gasteiger partial charge in [-0.25, -0.2) is 24.7 Å². The number of alkyl carbamates (subject to hydrolysis) is 1. The number of anilines is 1. The van der Waals surface area contributed by atoms with Crippen LogP contribution in [0.2, 0.25) is 6.82 Å². The topological polar surface area (TPSA) is 228 Å². The molecule has 84 heavy (non-hydrogen) atoms. The number of piperidine rings is 2. The largest absolute Gasteiger partial charge is 0.534 e. The number of nitrogens with zero attached hydrogens (tertiary/aromatic N) is 7. The molecule has 0 saturated carbocycles. The van der Waals surface area contributed by atoms with Crippen LogP contribution in [-0.2, 0) is 24.3 Å². The smallest absolute Gasteiger partial charge is 0.493 e. The number of para-hydroxylation sites is 2. The SMILES string of the molecule is CB(O)NC1CCNCC1.CC1(COc2ccc3c(c2)ncn3-c2ccc3cccc(N4CCC(NC(=O)OC(C)(C)C)CC4)c3n2)COC1.CC1(COc2ccc3c(c2)ncn3-c2ccc3cccc(OS(=O)(=O)C(F)(F)F)c3n2)COC1. The molecule has 8 aromatic rings.